The number of rotatable bonds is 1. The number of fused-ring (bicyclic) bond motifs is 1. The second-order valence-electron chi connectivity index (χ2n) is 4.21. The molecule has 2 aromatic rings. The molecule has 0 saturated heterocycles. The van der Waals surface area contributed by atoms with Gasteiger partial charge in [0.15, 0.2) is 0 Å². The quantitative estimate of drug-likeness (QED) is 0.706. The monoisotopic (exact) mass is 229 g/mol. The van der Waals surface area contributed by atoms with E-state index in [2.05, 4.69) is 4.98 Å². The number of hydrogen-bond acceptors (Lipinski definition) is 3. The van der Waals surface area contributed by atoms with E-state index in [1.807, 2.05) is 32.9 Å². The molecule has 3 heteroatoms. The molecule has 0 N–H and O–H groups in total. The van der Waals surface area contributed by atoms with Crippen LogP contribution in [0.15, 0.2) is 18.2 Å². The molecule has 1 heterocycles. The van der Waals surface area contributed by atoms with Crippen molar-refractivity contribution in [3.63, 3.8) is 0 Å². The molecule has 0 aliphatic rings. The second kappa shape index (κ2) is 4.17. The summed E-state index contributed by atoms with van der Waals surface area (Å²) in [6.07, 6.45) is 0. The summed E-state index contributed by atoms with van der Waals surface area (Å²) in [6.45, 7) is 5.94. The van der Waals surface area contributed by atoms with E-state index in [9.17, 15) is 4.79 Å². The van der Waals surface area contributed by atoms with Crippen LogP contribution >= 0.6 is 0 Å². The fourth-order valence-corrected chi connectivity index (χ4v) is 1.94. The van der Waals surface area contributed by atoms with Crippen molar-refractivity contribution in [3.05, 3.63) is 40.6 Å². The van der Waals surface area contributed by atoms with Crippen LogP contribution in [-0.2, 0) is 4.74 Å². The van der Waals surface area contributed by atoms with E-state index in [4.69, 9.17) is 4.74 Å². The van der Waals surface area contributed by atoms with Crippen LogP contribution in [0.1, 0.15) is 27.2 Å². The van der Waals surface area contributed by atoms with Gasteiger partial charge in [-0.25, -0.2) is 4.79 Å². The van der Waals surface area contributed by atoms with Crippen LogP contribution in [0.4, 0.5) is 0 Å². The minimum atomic E-state index is -0.316. The van der Waals surface area contributed by atoms with Gasteiger partial charge in [-0.05, 0) is 38.0 Å². The summed E-state index contributed by atoms with van der Waals surface area (Å²) in [6, 6.07) is 5.69. The van der Waals surface area contributed by atoms with Gasteiger partial charge in [0, 0.05) is 11.1 Å². The first kappa shape index (κ1) is 11.6. The lowest BCUT2D eigenvalue weighted by molar-refractivity contribution is 0.0603. The third kappa shape index (κ3) is 1.88. The van der Waals surface area contributed by atoms with E-state index in [1.165, 1.54) is 12.7 Å². The summed E-state index contributed by atoms with van der Waals surface area (Å²) in [5.74, 6) is -0.316. The number of aromatic nitrogens is 1. The first-order valence-electron chi connectivity index (χ1n) is 5.50. The Bertz CT molecular complexity index is 603. The molecule has 0 aliphatic heterocycles. The second-order valence-corrected chi connectivity index (χ2v) is 4.21. The van der Waals surface area contributed by atoms with Gasteiger partial charge in [-0.2, -0.15) is 0 Å². The van der Waals surface area contributed by atoms with E-state index in [-0.39, 0.29) is 5.97 Å². The molecular weight excluding hydrogens is 214 g/mol. The van der Waals surface area contributed by atoms with Gasteiger partial charge in [0.05, 0.1) is 18.2 Å². The predicted molar refractivity (Wildman–Crippen MR) is 67.3 cm³/mol. The molecule has 0 amide bonds. The van der Waals surface area contributed by atoms with Crippen molar-refractivity contribution in [1.82, 2.24) is 4.98 Å². The van der Waals surface area contributed by atoms with Crippen molar-refractivity contribution in [2.24, 2.45) is 0 Å². The molecule has 2 rings (SSSR count). The number of pyridine rings is 1. The Kier molecular flexibility index (Phi) is 2.84. The van der Waals surface area contributed by atoms with E-state index >= 15 is 0 Å². The van der Waals surface area contributed by atoms with Crippen LogP contribution in [0.3, 0.4) is 0 Å². The van der Waals surface area contributed by atoms with Gasteiger partial charge in [-0.1, -0.05) is 12.1 Å². The summed E-state index contributed by atoms with van der Waals surface area (Å²) in [4.78, 5) is 16.2. The molecule has 17 heavy (non-hydrogen) atoms. The zero-order chi connectivity index (χ0) is 12.6. The first-order valence-corrected chi connectivity index (χ1v) is 5.50. The molecule has 0 bridgehead atoms. The molecule has 0 atom stereocenters. The van der Waals surface area contributed by atoms with Crippen LogP contribution in [0.25, 0.3) is 10.9 Å². The Morgan fingerprint density at radius 1 is 1.24 bits per heavy atom. The maximum Gasteiger partial charge on any atom is 0.338 e. The smallest absolute Gasteiger partial charge is 0.338 e. The van der Waals surface area contributed by atoms with Crippen molar-refractivity contribution >= 4 is 16.9 Å². The molecule has 1 aromatic heterocycles. The normalized spacial score (nSPS) is 10.6. The van der Waals surface area contributed by atoms with Gasteiger partial charge >= 0.3 is 5.97 Å². The van der Waals surface area contributed by atoms with Crippen molar-refractivity contribution in [3.8, 4) is 0 Å². The Labute approximate surface area is 100 Å². The Morgan fingerprint density at radius 3 is 2.59 bits per heavy atom. The minimum absolute atomic E-state index is 0.316. The van der Waals surface area contributed by atoms with Crippen molar-refractivity contribution in [2.45, 2.75) is 20.8 Å². The highest BCUT2D eigenvalue weighted by atomic mass is 16.5. The fraction of sp³-hybridized carbons (Fsp3) is 0.286. The highest BCUT2D eigenvalue weighted by molar-refractivity contribution is 6.04. The van der Waals surface area contributed by atoms with E-state index in [0.29, 0.717) is 5.56 Å². The SMILES string of the molecule is COC(=O)c1cc(C)nc2c(C)c(C)ccc12. The number of carbonyl (C=O) groups is 1. The van der Waals surface area contributed by atoms with Crippen LogP contribution < -0.4 is 0 Å². The summed E-state index contributed by atoms with van der Waals surface area (Å²) in [5.41, 5.74) is 4.57. The average molecular weight is 229 g/mol. The highest BCUT2D eigenvalue weighted by Crippen LogP contribution is 2.24. The van der Waals surface area contributed by atoms with Gasteiger partial charge < -0.3 is 4.74 Å². The third-order valence-corrected chi connectivity index (χ3v) is 3.04. The molecular formula is C14H15NO2. The Balaban J connectivity index is 2.86. The number of methoxy groups -OCH3 is 1. The number of benzene rings is 1. The molecule has 0 unspecified atom stereocenters. The summed E-state index contributed by atoms with van der Waals surface area (Å²) in [7, 11) is 1.39. The molecule has 0 saturated carbocycles. The van der Waals surface area contributed by atoms with Crippen molar-refractivity contribution < 1.29 is 9.53 Å². The van der Waals surface area contributed by atoms with Crippen LogP contribution in [0, 0.1) is 20.8 Å². The molecule has 0 aliphatic carbocycles. The van der Waals surface area contributed by atoms with Crippen LogP contribution in [0.5, 0.6) is 0 Å². The number of nitrogens with zero attached hydrogens (tertiary/aromatic N) is 1. The maximum absolute atomic E-state index is 11.7. The summed E-state index contributed by atoms with van der Waals surface area (Å²) >= 11 is 0. The lowest BCUT2D eigenvalue weighted by Gasteiger charge is -2.09. The van der Waals surface area contributed by atoms with E-state index in [0.717, 1.165) is 22.2 Å². The molecule has 0 fully saturated rings. The molecule has 88 valence electrons. The Hall–Kier alpha value is -1.90. The molecule has 0 spiro atoms. The summed E-state index contributed by atoms with van der Waals surface area (Å²) in [5, 5.41) is 0.852. The third-order valence-electron chi connectivity index (χ3n) is 3.04. The van der Waals surface area contributed by atoms with Gasteiger partial charge in [-0.15, -0.1) is 0 Å². The van der Waals surface area contributed by atoms with Gasteiger partial charge in [0.1, 0.15) is 0 Å². The Morgan fingerprint density at radius 2 is 1.94 bits per heavy atom. The number of ether oxygens (including phenoxy) is 1. The van der Waals surface area contributed by atoms with Crippen LogP contribution in [-0.4, -0.2) is 18.1 Å². The summed E-state index contributed by atoms with van der Waals surface area (Å²) < 4.78 is 4.80. The van der Waals surface area contributed by atoms with Gasteiger partial charge in [-0.3, -0.25) is 4.98 Å². The molecule has 0 radical (unpaired) electrons. The lowest BCUT2D eigenvalue weighted by atomic mass is 10.0. The largest absolute Gasteiger partial charge is 0.465 e. The number of hydrogen-bond donors (Lipinski definition) is 0. The number of esters is 1. The van der Waals surface area contributed by atoms with Crippen molar-refractivity contribution in [2.75, 3.05) is 7.11 Å². The van der Waals surface area contributed by atoms with E-state index < -0.39 is 0 Å². The predicted octanol–water partition coefficient (Wildman–Crippen LogP) is 2.95. The zero-order valence-electron chi connectivity index (χ0n) is 10.5. The topological polar surface area (TPSA) is 39.2 Å². The standard InChI is InChI=1S/C14H15NO2/c1-8-5-6-11-12(14(16)17-4)7-9(2)15-13(11)10(8)3/h5-7H,1-4H3. The zero-order valence-corrected chi connectivity index (χ0v) is 10.5. The molecule has 1 aromatic carbocycles. The number of carbonyl (C=O) groups excluding carboxylic acids is 1. The highest BCUT2D eigenvalue weighted by Gasteiger charge is 2.13. The first-order chi connectivity index (χ1) is 8.04. The van der Waals surface area contributed by atoms with Gasteiger partial charge in [0.2, 0.25) is 0 Å². The average Bonchev–Trinajstić information content (AvgIpc) is 2.32. The number of aryl methyl sites for hydroxylation is 3. The minimum Gasteiger partial charge on any atom is -0.465 e. The van der Waals surface area contributed by atoms with Crippen molar-refractivity contribution in [1.29, 1.82) is 0 Å². The van der Waals surface area contributed by atoms with Gasteiger partial charge in [0.25, 0.3) is 0 Å². The van der Waals surface area contributed by atoms with E-state index in [1.54, 1.807) is 6.07 Å². The molecule has 3 nitrogen and oxygen atoms in total. The van der Waals surface area contributed by atoms with Crippen LogP contribution in [0.2, 0.25) is 0 Å². The fourth-order valence-electron chi connectivity index (χ4n) is 1.94. The lowest BCUT2D eigenvalue weighted by Crippen LogP contribution is -2.04. The maximum atomic E-state index is 11.7.